The predicted octanol–water partition coefficient (Wildman–Crippen LogP) is 2.54. The van der Waals surface area contributed by atoms with E-state index in [1.165, 1.54) is 0 Å². The second-order valence-corrected chi connectivity index (χ2v) is 6.37. The summed E-state index contributed by atoms with van der Waals surface area (Å²) >= 11 is 0. The smallest absolute Gasteiger partial charge is 0.253 e. The highest BCUT2D eigenvalue weighted by molar-refractivity contribution is 5.94. The van der Waals surface area contributed by atoms with Gasteiger partial charge in [-0.05, 0) is 31.2 Å². The normalized spacial score (nSPS) is 14.5. The highest BCUT2D eigenvalue weighted by atomic mass is 16.2. The minimum Gasteiger partial charge on any atom is -0.353 e. The number of carbonyl (C=O) groups excluding carboxylic acids is 1. The van der Waals surface area contributed by atoms with Gasteiger partial charge in [-0.25, -0.2) is 9.97 Å². The number of anilines is 1. The summed E-state index contributed by atoms with van der Waals surface area (Å²) in [5.74, 6) is 2.61. The Hall–Kier alpha value is -3.15. The van der Waals surface area contributed by atoms with Crippen molar-refractivity contribution in [3.63, 3.8) is 0 Å². The Bertz CT molecular complexity index is 884. The third-order valence-corrected chi connectivity index (χ3v) is 4.59. The SMILES string of the molecule is Cc1nc(N2CCN(C(=O)c3ccccc3)CC2)cc(-n2cccc2)n1. The lowest BCUT2D eigenvalue weighted by molar-refractivity contribution is 0.0746. The number of amides is 1. The summed E-state index contributed by atoms with van der Waals surface area (Å²) in [6, 6.07) is 15.4. The molecule has 0 N–H and O–H groups in total. The van der Waals surface area contributed by atoms with Crippen molar-refractivity contribution < 1.29 is 4.79 Å². The standard InChI is InChI=1S/C20H21N5O/c1-16-21-18(23-9-5-6-10-23)15-19(22-16)24-11-13-25(14-12-24)20(26)17-7-3-2-4-8-17/h2-10,15H,11-14H2,1H3. The maximum Gasteiger partial charge on any atom is 0.253 e. The number of piperazine rings is 1. The number of carbonyl (C=O) groups is 1. The Kier molecular flexibility index (Phi) is 4.39. The second kappa shape index (κ2) is 7.00. The topological polar surface area (TPSA) is 54.3 Å². The molecule has 0 aliphatic carbocycles. The number of rotatable bonds is 3. The Labute approximate surface area is 152 Å². The first-order valence-electron chi connectivity index (χ1n) is 8.79. The van der Waals surface area contributed by atoms with E-state index in [4.69, 9.17) is 0 Å². The molecular formula is C20H21N5O. The van der Waals surface area contributed by atoms with Crippen LogP contribution in [0.1, 0.15) is 16.2 Å². The minimum atomic E-state index is 0.0946. The summed E-state index contributed by atoms with van der Waals surface area (Å²) < 4.78 is 1.98. The van der Waals surface area contributed by atoms with Crippen LogP contribution in [0, 0.1) is 6.92 Å². The van der Waals surface area contributed by atoms with Gasteiger partial charge >= 0.3 is 0 Å². The van der Waals surface area contributed by atoms with E-state index < -0.39 is 0 Å². The van der Waals surface area contributed by atoms with Crippen LogP contribution >= 0.6 is 0 Å². The molecule has 1 amide bonds. The highest BCUT2D eigenvalue weighted by Gasteiger charge is 2.23. The van der Waals surface area contributed by atoms with Gasteiger partial charge in [0.2, 0.25) is 0 Å². The van der Waals surface area contributed by atoms with Gasteiger partial charge in [-0.2, -0.15) is 0 Å². The maximum absolute atomic E-state index is 12.6. The first-order chi connectivity index (χ1) is 12.7. The van der Waals surface area contributed by atoms with Crippen molar-refractivity contribution in [3.05, 3.63) is 72.3 Å². The van der Waals surface area contributed by atoms with Crippen molar-refractivity contribution in [2.24, 2.45) is 0 Å². The number of benzene rings is 1. The fourth-order valence-electron chi connectivity index (χ4n) is 3.22. The zero-order chi connectivity index (χ0) is 17.9. The zero-order valence-electron chi connectivity index (χ0n) is 14.7. The van der Waals surface area contributed by atoms with Crippen LogP contribution in [0.5, 0.6) is 0 Å². The lowest BCUT2D eigenvalue weighted by atomic mass is 10.2. The molecule has 0 radical (unpaired) electrons. The van der Waals surface area contributed by atoms with Crippen molar-refractivity contribution in [2.75, 3.05) is 31.1 Å². The van der Waals surface area contributed by atoms with Gasteiger partial charge in [-0.3, -0.25) is 4.79 Å². The van der Waals surface area contributed by atoms with Crippen LogP contribution in [0.15, 0.2) is 60.9 Å². The summed E-state index contributed by atoms with van der Waals surface area (Å²) in [7, 11) is 0. The second-order valence-electron chi connectivity index (χ2n) is 6.37. The third-order valence-electron chi connectivity index (χ3n) is 4.59. The molecule has 0 unspecified atom stereocenters. The molecule has 0 bridgehead atoms. The van der Waals surface area contributed by atoms with Crippen LogP contribution in [0.3, 0.4) is 0 Å². The van der Waals surface area contributed by atoms with Gasteiger partial charge in [-0.15, -0.1) is 0 Å². The molecule has 3 aromatic rings. The molecule has 6 heteroatoms. The molecule has 1 aliphatic rings. The Morgan fingerprint density at radius 3 is 2.23 bits per heavy atom. The predicted molar refractivity (Wildman–Crippen MR) is 101 cm³/mol. The van der Waals surface area contributed by atoms with Crippen molar-refractivity contribution >= 4 is 11.7 Å². The quantitative estimate of drug-likeness (QED) is 0.731. The van der Waals surface area contributed by atoms with Crippen molar-refractivity contribution in [1.82, 2.24) is 19.4 Å². The Balaban J connectivity index is 1.47. The van der Waals surface area contributed by atoms with Crippen molar-refractivity contribution in [3.8, 4) is 5.82 Å². The molecule has 0 spiro atoms. The van der Waals surface area contributed by atoms with Gasteiger partial charge in [0.25, 0.3) is 5.91 Å². The molecule has 1 aromatic carbocycles. The monoisotopic (exact) mass is 347 g/mol. The van der Waals surface area contributed by atoms with E-state index in [0.29, 0.717) is 13.1 Å². The molecule has 26 heavy (non-hydrogen) atoms. The molecule has 0 atom stereocenters. The van der Waals surface area contributed by atoms with Crippen molar-refractivity contribution in [1.29, 1.82) is 0 Å². The van der Waals surface area contributed by atoms with Gasteiger partial charge in [0.05, 0.1) is 0 Å². The molecule has 132 valence electrons. The molecule has 2 aromatic heterocycles. The van der Waals surface area contributed by atoms with Gasteiger partial charge in [-0.1, -0.05) is 18.2 Å². The molecule has 4 rings (SSSR count). The van der Waals surface area contributed by atoms with E-state index in [1.807, 2.05) is 77.3 Å². The van der Waals surface area contributed by atoms with E-state index in [1.54, 1.807) is 0 Å². The maximum atomic E-state index is 12.6. The zero-order valence-corrected chi connectivity index (χ0v) is 14.7. The Morgan fingerprint density at radius 2 is 1.54 bits per heavy atom. The van der Waals surface area contributed by atoms with Crippen LogP contribution < -0.4 is 4.90 Å². The number of hydrogen-bond donors (Lipinski definition) is 0. The molecule has 1 fully saturated rings. The summed E-state index contributed by atoms with van der Waals surface area (Å²) in [4.78, 5) is 25.8. The number of hydrogen-bond acceptors (Lipinski definition) is 4. The fourth-order valence-corrected chi connectivity index (χ4v) is 3.22. The first kappa shape index (κ1) is 16.3. The van der Waals surface area contributed by atoms with E-state index in [9.17, 15) is 4.79 Å². The lowest BCUT2D eigenvalue weighted by Gasteiger charge is -2.35. The molecule has 1 saturated heterocycles. The van der Waals surface area contributed by atoms with Crippen LogP contribution in [0.2, 0.25) is 0 Å². The van der Waals surface area contributed by atoms with Crippen LogP contribution in [0.4, 0.5) is 5.82 Å². The Morgan fingerprint density at radius 1 is 0.885 bits per heavy atom. The van der Waals surface area contributed by atoms with Gasteiger partial charge in [0, 0.05) is 50.2 Å². The fraction of sp³-hybridized carbons (Fsp3) is 0.250. The van der Waals surface area contributed by atoms with Crippen molar-refractivity contribution in [2.45, 2.75) is 6.92 Å². The third kappa shape index (κ3) is 3.31. The van der Waals surface area contributed by atoms with E-state index in [2.05, 4.69) is 14.9 Å². The summed E-state index contributed by atoms with van der Waals surface area (Å²) in [6.07, 6.45) is 3.95. The molecule has 1 aliphatic heterocycles. The minimum absolute atomic E-state index is 0.0946. The number of aromatic nitrogens is 3. The summed E-state index contributed by atoms with van der Waals surface area (Å²) in [5.41, 5.74) is 0.744. The average Bonchev–Trinajstić information content (AvgIpc) is 3.23. The first-order valence-corrected chi connectivity index (χ1v) is 8.79. The van der Waals surface area contributed by atoms with Gasteiger partial charge < -0.3 is 14.4 Å². The summed E-state index contributed by atoms with van der Waals surface area (Å²) in [6.45, 7) is 4.82. The van der Waals surface area contributed by atoms with Gasteiger partial charge in [0.1, 0.15) is 17.5 Å². The van der Waals surface area contributed by atoms with Crippen LogP contribution in [0.25, 0.3) is 5.82 Å². The lowest BCUT2D eigenvalue weighted by Crippen LogP contribution is -2.49. The highest BCUT2D eigenvalue weighted by Crippen LogP contribution is 2.18. The number of aryl methyl sites for hydroxylation is 1. The largest absolute Gasteiger partial charge is 0.353 e. The van der Waals surface area contributed by atoms with Crippen LogP contribution in [-0.4, -0.2) is 51.5 Å². The van der Waals surface area contributed by atoms with E-state index in [-0.39, 0.29) is 5.91 Å². The molecule has 3 heterocycles. The molecule has 0 saturated carbocycles. The van der Waals surface area contributed by atoms with Crippen LogP contribution in [-0.2, 0) is 0 Å². The van der Waals surface area contributed by atoms with E-state index in [0.717, 1.165) is 36.1 Å². The van der Waals surface area contributed by atoms with Gasteiger partial charge in [0.15, 0.2) is 0 Å². The molecule has 6 nitrogen and oxygen atoms in total. The average molecular weight is 347 g/mol. The number of nitrogens with zero attached hydrogens (tertiary/aromatic N) is 5. The molecular weight excluding hydrogens is 326 g/mol. The summed E-state index contributed by atoms with van der Waals surface area (Å²) in [5, 5.41) is 0. The van der Waals surface area contributed by atoms with E-state index >= 15 is 0 Å².